The average Bonchev–Trinajstić information content (AvgIpc) is 3.06. The average molecular weight is 279 g/mol. The van der Waals surface area contributed by atoms with Gasteiger partial charge in [-0.25, -0.2) is 0 Å². The molecule has 1 aromatic heterocycles. The van der Waals surface area contributed by atoms with Crippen molar-refractivity contribution in [2.75, 3.05) is 0 Å². The number of para-hydroxylation sites is 1. The van der Waals surface area contributed by atoms with E-state index in [9.17, 15) is 0 Å². The van der Waals surface area contributed by atoms with Crippen LogP contribution in [-0.4, -0.2) is 15.4 Å². The maximum atomic E-state index is 5.95. The molecule has 0 saturated carbocycles. The van der Waals surface area contributed by atoms with Crippen LogP contribution < -0.4 is 4.74 Å². The molecule has 4 heteroatoms. The molecule has 0 unspecified atom stereocenters. The first kappa shape index (κ1) is 13.4. The summed E-state index contributed by atoms with van der Waals surface area (Å²) in [5.41, 5.74) is 3.33. The second-order valence-electron chi connectivity index (χ2n) is 4.84. The van der Waals surface area contributed by atoms with Gasteiger partial charge in [0, 0.05) is 0 Å². The quantitative estimate of drug-likeness (QED) is 0.754. The number of aryl methyl sites for hydroxylation is 2. The van der Waals surface area contributed by atoms with Crippen molar-refractivity contribution in [3.8, 4) is 5.75 Å². The van der Waals surface area contributed by atoms with Gasteiger partial charge in [0.1, 0.15) is 12.4 Å². The molecular formula is C17H17N3O. The van der Waals surface area contributed by atoms with Gasteiger partial charge in [0.25, 0.3) is 0 Å². The molecule has 0 bridgehead atoms. The third-order valence-electron chi connectivity index (χ3n) is 3.33. The van der Waals surface area contributed by atoms with E-state index in [1.54, 1.807) is 6.20 Å². The first-order valence-corrected chi connectivity index (χ1v) is 7.01. The summed E-state index contributed by atoms with van der Waals surface area (Å²) in [5.74, 6) is 0.935. The molecule has 3 rings (SSSR count). The molecule has 21 heavy (non-hydrogen) atoms. The number of aromatic amines is 1. The first-order chi connectivity index (χ1) is 10.4. The van der Waals surface area contributed by atoms with Crippen LogP contribution in [0.2, 0.25) is 0 Å². The van der Waals surface area contributed by atoms with Crippen LogP contribution in [-0.2, 0) is 19.4 Å². The van der Waals surface area contributed by atoms with Crippen LogP contribution in [0.25, 0.3) is 0 Å². The third kappa shape index (κ3) is 3.69. The molecule has 0 fully saturated rings. The molecule has 1 N–H and O–H groups in total. The lowest BCUT2D eigenvalue weighted by Gasteiger charge is -2.11. The largest absolute Gasteiger partial charge is 0.489 e. The number of rotatable bonds is 6. The van der Waals surface area contributed by atoms with Gasteiger partial charge in [-0.15, -0.1) is 0 Å². The highest BCUT2D eigenvalue weighted by Crippen LogP contribution is 2.21. The van der Waals surface area contributed by atoms with Crippen LogP contribution in [0, 0.1) is 0 Å². The first-order valence-electron chi connectivity index (χ1n) is 7.01. The molecule has 106 valence electrons. The van der Waals surface area contributed by atoms with Crippen molar-refractivity contribution in [3.05, 3.63) is 77.6 Å². The summed E-state index contributed by atoms with van der Waals surface area (Å²) in [6.07, 6.45) is 3.49. The number of hydrogen-bond acceptors (Lipinski definition) is 3. The van der Waals surface area contributed by atoms with Gasteiger partial charge in [0.15, 0.2) is 0 Å². The number of aromatic nitrogens is 3. The van der Waals surface area contributed by atoms with Crippen LogP contribution in [0.3, 0.4) is 0 Å². The smallest absolute Gasteiger partial charge is 0.123 e. The Bertz CT molecular complexity index is 666. The SMILES string of the molecule is c1ccc(COc2ccccc2CCc2cn[nH]n2)cc1. The molecule has 0 spiro atoms. The second-order valence-corrected chi connectivity index (χ2v) is 4.84. The molecule has 0 atom stereocenters. The van der Waals surface area contributed by atoms with Crippen LogP contribution >= 0.6 is 0 Å². The Labute approximate surface area is 123 Å². The predicted octanol–water partition coefficient (Wildman–Crippen LogP) is 3.17. The molecule has 0 aliphatic heterocycles. The van der Waals surface area contributed by atoms with Crippen molar-refractivity contribution < 1.29 is 4.74 Å². The lowest BCUT2D eigenvalue weighted by atomic mass is 10.1. The van der Waals surface area contributed by atoms with Crippen molar-refractivity contribution in [3.63, 3.8) is 0 Å². The van der Waals surface area contributed by atoms with E-state index in [2.05, 4.69) is 33.6 Å². The van der Waals surface area contributed by atoms with Crippen LogP contribution in [0.15, 0.2) is 60.8 Å². The van der Waals surface area contributed by atoms with Crippen molar-refractivity contribution in [2.24, 2.45) is 0 Å². The van der Waals surface area contributed by atoms with E-state index >= 15 is 0 Å². The Hall–Kier alpha value is -2.62. The topological polar surface area (TPSA) is 50.8 Å². The highest BCUT2D eigenvalue weighted by molar-refractivity contribution is 5.34. The highest BCUT2D eigenvalue weighted by Gasteiger charge is 2.05. The molecule has 0 saturated heterocycles. The van der Waals surface area contributed by atoms with E-state index in [0.29, 0.717) is 6.61 Å². The normalized spacial score (nSPS) is 10.5. The predicted molar refractivity (Wildman–Crippen MR) is 81.0 cm³/mol. The molecule has 3 aromatic rings. The molecule has 4 nitrogen and oxygen atoms in total. The van der Waals surface area contributed by atoms with E-state index in [1.807, 2.05) is 36.4 Å². The van der Waals surface area contributed by atoms with E-state index in [-0.39, 0.29) is 0 Å². The summed E-state index contributed by atoms with van der Waals surface area (Å²) < 4.78 is 5.95. The lowest BCUT2D eigenvalue weighted by molar-refractivity contribution is 0.303. The van der Waals surface area contributed by atoms with Crippen LogP contribution in [0.4, 0.5) is 0 Å². The number of ether oxygens (including phenoxy) is 1. The van der Waals surface area contributed by atoms with Crippen molar-refractivity contribution in [1.82, 2.24) is 15.4 Å². The minimum absolute atomic E-state index is 0.585. The van der Waals surface area contributed by atoms with Gasteiger partial charge in [-0.2, -0.15) is 15.4 Å². The Morgan fingerprint density at radius 1 is 0.905 bits per heavy atom. The fourth-order valence-electron chi connectivity index (χ4n) is 2.20. The van der Waals surface area contributed by atoms with Crippen molar-refractivity contribution >= 4 is 0 Å². The van der Waals surface area contributed by atoms with Gasteiger partial charge in [-0.05, 0) is 30.0 Å². The Morgan fingerprint density at radius 2 is 1.71 bits per heavy atom. The highest BCUT2D eigenvalue weighted by atomic mass is 16.5. The van der Waals surface area contributed by atoms with E-state index < -0.39 is 0 Å². The lowest BCUT2D eigenvalue weighted by Crippen LogP contribution is -2.00. The molecule has 0 amide bonds. The van der Waals surface area contributed by atoms with E-state index in [0.717, 1.165) is 24.3 Å². The van der Waals surface area contributed by atoms with Gasteiger partial charge < -0.3 is 4.74 Å². The molecular weight excluding hydrogens is 262 g/mol. The molecule has 0 aliphatic carbocycles. The number of benzene rings is 2. The van der Waals surface area contributed by atoms with Gasteiger partial charge in [0.2, 0.25) is 0 Å². The summed E-state index contributed by atoms with van der Waals surface area (Å²) in [6.45, 7) is 0.585. The monoisotopic (exact) mass is 279 g/mol. The zero-order valence-corrected chi connectivity index (χ0v) is 11.7. The molecule has 2 aromatic carbocycles. The van der Waals surface area contributed by atoms with E-state index in [1.165, 1.54) is 11.1 Å². The fraction of sp³-hybridized carbons (Fsp3) is 0.176. The summed E-state index contributed by atoms with van der Waals surface area (Å²) >= 11 is 0. The number of H-pyrrole nitrogens is 1. The maximum Gasteiger partial charge on any atom is 0.123 e. The van der Waals surface area contributed by atoms with Gasteiger partial charge in [-0.3, -0.25) is 0 Å². The Morgan fingerprint density at radius 3 is 2.52 bits per heavy atom. The van der Waals surface area contributed by atoms with Gasteiger partial charge >= 0.3 is 0 Å². The second kappa shape index (κ2) is 6.70. The van der Waals surface area contributed by atoms with Gasteiger partial charge in [0.05, 0.1) is 11.9 Å². The zero-order chi connectivity index (χ0) is 14.3. The summed E-state index contributed by atoms with van der Waals surface area (Å²) in [7, 11) is 0. The van der Waals surface area contributed by atoms with E-state index in [4.69, 9.17) is 4.74 Å². The standard InChI is InChI=1S/C17H17N3O/c1-2-6-14(7-3-1)13-21-17-9-5-4-8-15(17)10-11-16-12-18-20-19-16/h1-9,12H,10-11,13H2,(H,18,19,20). The summed E-state index contributed by atoms with van der Waals surface area (Å²) in [6, 6.07) is 18.3. The summed E-state index contributed by atoms with van der Waals surface area (Å²) in [4.78, 5) is 0. The maximum absolute atomic E-state index is 5.95. The van der Waals surface area contributed by atoms with Crippen molar-refractivity contribution in [1.29, 1.82) is 0 Å². The van der Waals surface area contributed by atoms with Crippen molar-refractivity contribution in [2.45, 2.75) is 19.4 Å². The van der Waals surface area contributed by atoms with Crippen LogP contribution in [0.5, 0.6) is 5.75 Å². The Balaban J connectivity index is 1.64. The molecule has 1 heterocycles. The zero-order valence-electron chi connectivity index (χ0n) is 11.7. The summed E-state index contributed by atoms with van der Waals surface area (Å²) in [5, 5.41) is 10.5. The van der Waals surface area contributed by atoms with Gasteiger partial charge in [-0.1, -0.05) is 48.5 Å². The number of hydrogen-bond donors (Lipinski definition) is 1. The minimum atomic E-state index is 0.585. The fourth-order valence-corrected chi connectivity index (χ4v) is 2.20. The molecule has 0 radical (unpaired) electrons. The minimum Gasteiger partial charge on any atom is -0.489 e. The third-order valence-corrected chi connectivity index (χ3v) is 3.33. The van der Waals surface area contributed by atoms with Crippen LogP contribution in [0.1, 0.15) is 16.8 Å². The number of nitrogens with one attached hydrogen (secondary N) is 1. The number of nitrogens with zero attached hydrogens (tertiary/aromatic N) is 2. The Kier molecular flexibility index (Phi) is 4.27. The molecule has 0 aliphatic rings.